The predicted molar refractivity (Wildman–Crippen MR) is 87.1 cm³/mol. The smallest absolute Gasteiger partial charge is 0.185 e. The second-order valence-corrected chi connectivity index (χ2v) is 5.16. The number of allylic oxidation sites excluding steroid dienone is 1. The Hall–Kier alpha value is -2.07. The molecule has 0 heterocycles. The van der Waals surface area contributed by atoms with Crippen LogP contribution in [0.15, 0.2) is 53.0 Å². The maximum atomic E-state index is 12.0. The van der Waals surface area contributed by atoms with Crippen molar-refractivity contribution in [2.45, 2.75) is 0 Å². The van der Waals surface area contributed by atoms with E-state index in [2.05, 4.69) is 15.9 Å². The Bertz CT molecular complexity index is 663. The lowest BCUT2D eigenvalue weighted by atomic mass is 10.1. The van der Waals surface area contributed by atoms with Gasteiger partial charge in [0.1, 0.15) is 0 Å². The lowest BCUT2D eigenvalue weighted by Crippen LogP contribution is -1.94. The maximum absolute atomic E-state index is 12.0. The summed E-state index contributed by atoms with van der Waals surface area (Å²) in [5.74, 6) is 1.20. The third-order valence-electron chi connectivity index (χ3n) is 2.94. The van der Waals surface area contributed by atoms with Crippen molar-refractivity contribution in [3.8, 4) is 11.5 Å². The summed E-state index contributed by atoms with van der Waals surface area (Å²) in [6.45, 7) is 0. The lowest BCUT2D eigenvalue weighted by molar-refractivity contribution is 0.104. The molecule has 2 aromatic rings. The molecule has 21 heavy (non-hydrogen) atoms. The number of methoxy groups -OCH3 is 2. The molecule has 2 aromatic carbocycles. The minimum absolute atomic E-state index is 0.0403. The molecule has 2 rings (SSSR count). The van der Waals surface area contributed by atoms with Gasteiger partial charge in [-0.3, -0.25) is 4.79 Å². The molecule has 0 aliphatic carbocycles. The van der Waals surface area contributed by atoms with Crippen molar-refractivity contribution in [3.05, 3.63) is 64.1 Å². The Morgan fingerprint density at radius 1 is 1.10 bits per heavy atom. The Kier molecular flexibility index (Phi) is 5.17. The average molecular weight is 347 g/mol. The molecule has 0 saturated heterocycles. The van der Waals surface area contributed by atoms with Crippen LogP contribution in [-0.4, -0.2) is 20.0 Å². The van der Waals surface area contributed by atoms with Crippen LogP contribution in [0, 0.1) is 0 Å². The van der Waals surface area contributed by atoms with Gasteiger partial charge in [0.2, 0.25) is 0 Å². The van der Waals surface area contributed by atoms with Crippen molar-refractivity contribution in [2.75, 3.05) is 14.2 Å². The third-order valence-corrected chi connectivity index (χ3v) is 3.53. The van der Waals surface area contributed by atoms with Gasteiger partial charge in [0, 0.05) is 5.56 Å². The van der Waals surface area contributed by atoms with E-state index in [1.54, 1.807) is 38.5 Å². The van der Waals surface area contributed by atoms with Gasteiger partial charge >= 0.3 is 0 Å². The van der Waals surface area contributed by atoms with Crippen LogP contribution in [0.25, 0.3) is 6.08 Å². The van der Waals surface area contributed by atoms with Crippen LogP contribution >= 0.6 is 15.9 Å². The molecule has 0 saturated carbocycles. The van der Waals surface area contributed by atoms with Gasteiger partial charge in [-0.05, 0) is 39.7 Å². The van der Waals surface area contributed by atoms with Gasteiger partial charge in [-0.15, -0.1) is 0 Å². The van der Waals surface area contributed by atoms with Crippen LogP contribution in [0.2, 0.25) is 0 Å². The van der Waals surface area contributed by atoms with Crippen molar-refractivity contribution in [2.24, 2.45) is 0 Å². The zero-order chi connectivity index (χ0) is 15.2. The van der Waals surface area contributed by atoms with Gasteiger partial charge in [-0.2, -0.15) is 0 Å². The van der Waals surface area contributed by atoms with Crippen molar-refractivity contribution in [3.63, 3.8) is 0 Å². The Morgan fingerprint density at radius 3 is 2.43 bits per heavy atom. The Balaban J connectivity index is 2.25. The van der Waals surface area contributed by atoms with Crippen LogP contribution in [0.3, 0.4) is 0 Å². The summed E-state index contributed by atoms with van der Waals surface area (Å²) in [6, 6.07) is 12.8. The summed E-state index contributed by atoms with van der Waals surface area (Å²) in [5.41, 5.74) is 1.51. The summed E-state index contributed by atoms with van der Waals surface area (Å²) in [7, 11) is 3.16. The first kappa shape index (κ1) is 15.3. The number of ketones is 1. The standard InChI is InChI=1S/C17H15BrO3/c1-20-16-11-12(10-14(18)17(16)21-2)8-9-15(19)13-6-4-3-5-7-13/h3-11H,1-2H3/b9-8+. The first-order valence-electron chi connectivity index (χ1n) is 6.34. The summed E-state index contributed by atoms with van der Waals surface area (Å²) < 4.78 is 11.3. The maximum Gasteiger partial charge on any atom is 0.185 e. The predicted octanol–water partition coefficient (Wildman–Crippen LogP) is 4.36. The number of halogens is 1. The number of carbonyl (C=O) groups is 1. The number of ether oxygens (including phenoxy) is 2. The fourth-order valence-electron chi connectivity index (χ4n) is 1.90. The van der Waals surface area contributed by atoms with E-state index in [1.807, 2.05) is 30.3 Å². The molecule has 0 atom stereocenters. The summed E-state index contributed by atoms with van der Waals surface area (Å²) >= 11 is 3.43. The van der Waals surface area contributed by atoms with E-state index in [0.717, 1.165) is 10.0 Å². The highest BCUT2D eigenvalue weighted by molar-refractivity contribution is 9.10. The van der Waals surface area contributed by atoms with Gasteiger partial charge in [0.05, 0.1) is 18.7 Å². The van der Waals surface area contributed by atoms with Crippen LogP contribution < -0.4 is 9.47 Å². The highest BCUT2D eigenvalue weighted by atomic mass is 79.9. The van der Waals surface area contributed by atoms with E-state index >= 15 is 0 Å². The molecule has 0 fully saturated rings. The fraction of sp³-hybridized carbons (Fsp3) is 0.118. The fourth-order valence-corrected chi connectivity index (χ4v) is 2.53. The molecule has 108 valence electrons. The van der Waals surface area contributed by atoms with E-state index in [0.29, 0.717) is 17.1 Å². The molecule has 0 amide bonds. The van der Waals surface area contributed by atoms with E-state index in [9.17, 15) is 4.79 Å². The van der Waals surface area contributed by atoms with Crippen LogP contribution in [0.4, 0.5) is 0 Å². The largest absolute Gasteiger partial charge is 0.493 e. The molecule has 0 radical (unpaired) electrons. The third kappa shape index (κ3) is 3.73. The van der Waals surface area contributed by atoms with E-state index in [1.165, 1.54) is 0 Å². The number of benzene rings is 2. The normalized spacial score (nSPS) is 10.6. The molecule has 4 heteroatoms. The highest BCUT2D eigenvalue weighted by Crippen LogP contribution is 2.36. The van der Waals surface area contributed by atoms with Crippen molar-refractivity contribution >= 4 is 27.8 Å². The van der Waals surface area contributed by atoms with E-state index in [4.69, 9.17) is 9.47 Å². The highest BCUT2D eigenvalue weighted by Gasteiger charge is 2.09. The van der Waals surface area contributed by atoms with E-state index in [-0.39, 0.29) is 5.78 Å². The van der Waals surface area contributed by atoms with Gasteiger partial charge in [0.25, 0.3) is 0 Å². The van der Waals surface area contributed by atoms with Crippen molar-refractivity contribution in [1.29, 1.82) is 0 Å². The molecule has 0 aliphatic heterocycles. The second kappa shape index (κ2) is 7.09. The Labute approximate surface area is 132 Å². The van der Waals surface area contributed by atoms with Crippen LogP contribution in [0.5, 0.6) is 11.5 Å². The molecule has 0 unspecified atom stereocenters. The first-order valence-corrected chi connectivity index (χ1v) is 7.14. The number of hydrogen-bond donors (Lipinski definition) is 0. The topological polar surface area (TPSA) is 35.5 Å². The van der Waals surface area contributed by atoms with Crippen LogP contribution in [0.1, 0.15) is 15.9 Å². The quantitative estimate of drug-likeness (QED) is 0.595. The molecule has 0 spiro atoms. The minimum Gasteiger partial charge on any atom is -0.493 e. The van der Waals surface area contributed by atoms with E-state index < -0.39 is 0 Å². The molecule has 0 bridgehead atoms. The summed E-state index contributed by atoms with van der Waals surface area (Å²) in [4.78, 5) is 12.0. The second-order valence-electron chi connectivity index (χ2n) is 4.30. The van der Waals surface area contributed by atoms with Crippen molar-refractivity contribution in [1.82, 2.24) is 0 Å². The van der Waals surface area contributed by atoms with Crippen LogP contribution in [-0.2, 0) is 0 Å². The average Bonchev–Trinajstić information content (AvgIpc) is 2.52. The van der Waals surface area contributed by atoms with Gasteiger partial charge in [0.15, 0.2) is 17.3 Å². The summed E-state index contributed by atoms with van der Waals surface area (Å²) in [6.07, 6.45) is 3.30. The van der Waals surface area contributed by atoms with Gasteiger partial charge < -0.3 is 9.47 Å². The zero-order valence-corrected chi connectivity index (χ0v) is 13.4. The number of rotatable bonds is 5. The van der Waals surface area contributed by atoms with Gasteiger partial charge in [-0.25, -0.2) is 0 Å². The molecule has 0 aromatic heterocycles. The molecule has 0 aliphatic rings. The Morgan fingerprint density at radius 2 is 1.81 bits per heavy atom. The SMILES string of the molecule is COc1cc(/C=C/C(=O)c2ccccc2)cc(Br)c1OC. The molecule has 0 N–H and O–H groups in total. The van der Waals surface area contributed by atoms with Crippen molar-refractivity contribution < 1.29 is 14.3 Å². The molecular weight excluding hydrogens is 332 g/mol. The number of carbonyl (C=O) groups excluding carboxylic acids is 1. The monoisotopic (exact) mass is 346 g/mol. The van der Waals surface area contributed by atoms with Gasteiger partial charge in [-0.1, -0.05) is 36.4 Å². The molecule has 3 nitrogen and oxygen atoms in total. The summed E-state index contributed by atoms with van der Waals surface area (Å²) in [5, 5.41) is 0. The lowest BCUT2D eigenvalue weighted by Gasteiger charge is -2.10. The number of hydrogen-bond acceptors (Lipinski definition) is 3. The zero-order valence-electron chi connectivity index (χ0n) is 11.8. The minimum atomic E-state index is -0.0403. The molecular formula is C17H15BrO3. The first-order chi connectivity index (χ1) is 10.2.